The van der Waals surface area contributed by atoms with E-state index in [4.69, 9.17) is 5.11 Å². The summed E-state index contributed by atoms with van der Waals surface area (Å²) >= 11 is 0. The highest BCUT2D eigenvalue weighted by atomic mass is 32.2. The van der Waals surface area contributed by atoms with Gasteiger partial charge in [0.1, 0.15) is 10.7 Å². The van der Waals surface area contributed by atoms with Crippen LogP contribution in [0.1, 0.15) is 12.5 Å². The average molecular weight is 268 g/mol. The first kappa shape index (κ1) is 14.0. The second-order valence-corrected chi connectivity index (χ2v) is 5.75. The number of halogens is 3. The lowest BCUT2D eigenvalue weighted by atomic mass is 10.1. The van der Waals surface area contributed by atoms with Crippen LogP contribution in [0.4, 0.5) is 13.2 Å². The summed E-state index contributed by atoms with van der Waals surface area (Å²) in [6.07, 6.45) is -0.709. The molecule has 7 heteroatoms. The van der Waals surface area contributed by atoms with Crippen molar-refractivity contribution < 1.29 is 26.7 Å². The summed E-state index contributed by atoms with van der Waals surface area (Å²) in [6.45, 7) is 1.32. The van der Waals surface area contributed by atoms with E-state index in [1.54, 1.807) is 0 Å². The third-order valence-electron chi connectivity index (χ3n) is 2.08. The monoisotopic (exact) mass is 268 g/mol. The number of aliphatic hydroxyl groups excluding tert-OH is 1. The van der Waals surface area contributed by atoms with Crippen molar-refractivity contribution in [1.29, 1.82) is 0 Å². The Morgan fingerprint density at radius 2 is 1.82 bits per heavy atom. The molecule has 1 atom stereocenters. The van der Waals surface area contributed by atoms with Gasteiger partial charge in [-0.3, -0.25) is 0 Å². The Morgan fingerprint density at radius 3 is 2.24 bits per heavy atom. The predicted molar refractivity (Wildman–Crippen MR) is 54.8 cm³/mol. The molecule has 1 rings (SSSR count). The van der Waals surface area contributed by atoms with E-state index in [1.165, 1.54) is 6.92 Å². The van der Waals surface area contributed by atoms with Crippen LogP contribution in [0.15, 0.2) is 11.0 Å². The maximum Gasteiger partial charge on any atom is 0.181 e. The lowest BCUT2D eigenvalue weighted by molar-refractivity contribution is 0.193. The SMILES string of the molecule is CC(O)Cc1cc(F)c(S(C)(=O)=O)c(F)c1F. The fraction of sp³-hybridized carbons (Fsp3) is 0.400. The van der Waals surface area contributed by atoms with Crippen LogP contribution in [0.25, 0.3) is 0 Å². The molecule has 0 heterocycles. The van der Waals surface area contributed by atoms with Gasteiger partial charge < -0.3 is 5.11 Å². The Kier molecular flexibility index (Phi) is 3.83. The molecule has 0 saturated heterocycles. The zero-order chi connectivity index (χ0) is 13.4. The van der Waals surface area contributed by atoms with Gasteiger partial charge in [-0.15, -0.1) is 0 Å². The van der Waals surface area contributed by atoms with Crippen molar-refractivity contribution in [2.45, 2.75) is 24.3 Å². The summed E-state index contributed by atoms with van der Waals surface area (Å²) in [5, 5.41) is 9.01. The van der Waals surface area contributed by atoms with Crippen LogP contribution in [0.5, 0.6) is 0 Å². The largest absolute Gasteiger partial charge is 0.393 e. The van der Waals surface area contributed by atoms with Crippen LogP contribution in [-0.2, 0) is 16.3 Å². The number of hydrogen-bond donors (Lipinski definition) is 1. The minimum absolute atomic E-state index is 0.302. The van der Waals surface area contributed by atoms with E-state index in [2.05, 4.69) is 0 Å². The summed E-state index contributed by atoms with van der Waals surface area (Å²) in [5.74, 6) is -4.56. The molecule has 0 aromatic heterocycles. The predicted octanol–water partition coefficient (Wildman–Crippen LogP) is 1.43. The first-order valence-electron chi connectivity index (χ1n) is 4.69. The van der Waals surface area contributed by atoms with Gasteiger partial charge in [0.25, 0.3) is 0 Å². The number of hydrogen-bond acceptors (Lipinski definition) is 3. The van der Waals surface area contributed by atoms with Gasteiger partial charge in [0, 0.05) is 12.7 Å². The Labute approximate surface area is 96.8 Å². The molecule has 0 saturated carbocycles. The van der Waals surface area contributed by atoms with E-state index < -0.39 is 43.9 Å². The summed E-state index contributed by atoms with van der Waals surface area (Å²) in [4.78, 5) is -1.29. The molecular formula is C10H11F3O3S. The van der Waals surface area contributed by atoms with E-state index in [0.29, 0.717) is 12.3 Å². The molecule has 0 aliphatic heterocycles. The number of sulfone groups is 1. The van der Waals surface area contributed by atoms with Gasteiger partial charge in [0.15, 0.2) is 21.5 Å². The zero-order valence-corrected chi connectivity index (χ0v) is 9.98. The van der Waals surface area contributed by atoms with Crippen LogP contribution in [0.3, 0.4) is 0 Å². The number of rotatable bonds is 3. The smallest absolute Gasteiger partial charge is 0.181 e. The minimum atomic E-state index is -4.18. The molecular weight excluding hydrogens is 257 g/mol. The zero-order valence-electron chi connectivity index (χ0n) is 9.17. The highest BCUT2D eigenvalue weighted by molar-refractivity contribution is 7.90. The van der Waals surface area contributed by atoms with Gasteiger partial charge in [0.05, 0.1) is 6.10 Å². The van der Waals surface area contributed by atoms with Crippen molar-refractivity contribution in [2.75, 3.05) is 6.26 Å². The molecule has 17 heavy (non-hydrogen) atoms. The summed E-state index contributed by atoms with van der Waals surface area (Å²) < 4.78 is 62.3. The van der Waals surface area contributed by atoms with E-state index >= 15 is 0 Å². The molecule has 1 N–H and O–H groups in total. The molecule has 0 spiro atoms. The molecule has 0 fully saturated rings. The van der Waals surface area contributed by atoms with Crippen LogP contribution >= 0.6 is 0 Å². The van der Waals surface area contributed by atoms with Crippen LogP contribution in [0, 0.1) is 17.5 Å². The Balaban J connectivity index is 3.48. The number of benzene rings is 1. The highest BCUT2D eigenvalue weighted by Gasteiger charge is 2.25. The Morgan fingerprint density at radius 1 is 1.29 bits per heavy atom. The molecule has 1 aromatic carbocycles. The Bertz CT molecular complexity index is 538. The average Bonchev–Trinajstić information content (AvgIpc) is 2.10. The third kappa shape index (κ3) is 2.98. The van der Waals surface area contributed by atoms with Gasteiger partial charge in [0.2, 0.25) is 0 Å². The van der Waals surface area contributed by atoms with E-state index in [-0.39, 0.29) is 6.42 Å². The summed E-state index contributed by atoms with van der Waals surface area (Å²) in [6, 6.07) is 0.585. The Hall–Kier alpha value is -1.08. The normalized spacial score (nSPS) is 13.8. The van der Waals surface area contributed by atoms with Crippen LogP contribution < -0.4 is 0 Å². The molecule has 1 unspecified atom stereocenters. The molecule has 3 nitrogen and oxygen atoms in total. The first-order chi connectivity index (χ1) is 7.64. The fourth-order valence-electron chi connectivity index (χ4n) is 1.43. The van der Waals surface area contributed by atoms with Gasteiger partial charge >= 0.3 is 0 Å². The van der Waals surface area contributed by atoms with Gasteiger partial charge in [-0.05, 0) is 18.6 Å². The maximum atomic E-state index is 13.4. The van der Waals surface area contributed by atoms with Crippen molar-refractivity contribution in [3.05, 3.63) is 29.1 Å². The third-order valence-corrected chi connectivity index (χ3v) is 3.19. The molecule has 1 aromatic rings. The van der Waals surface area contributed by atoms with Crippen LogP contribution in [0.2, 0.25) is 0 Å². The lowest BCUT2D eigenvalue weighted by Crippen LogP contribution is -2.12. The van der Waals surface area contributed by atoms with Gasteiger partial charge in [-0.1, -0.05) is 0 Å². The van der Waals surface area contributed by atoms with Crippen molar-refractivity contribution in [3.63, 3.8) is 0 Å². The molecule has 0 bridgehead atoms. The lowest BCUT2D eigenvalue weighted by Gasteiger charge is -2.10. The molecule has 0 amide bonds. The van der Waals surface area contributed by atoms with Crippen molar-refractivity contribution in [2.24, 2.45) is 0 Å². The second-order valence-electron chi connectivity index (χ2n) is 3.80. The topological polar surface area (TPSA) is 54.4 Å². The van der Waals surface area contributed by atoms with E-state index in [9.17, 15) is 21.6 Å². The van der Waals surface area contributed by atoms with Crippen LogP contribution in [-0.4, -0.2) is 25.9 Å². The van der Waals surface area contributed by atoms with Crippen molar-refractivity contribution in [1.82, 2.24) is 0 Å². The standard InChI is InChI=1S/C10H11F3O3S/c1-5(14)3-6-4-7(11)10(17(2,15)16)9(13)8(6)12/h4-5,14H,3H2,1-2H3. The molecule has 0 aliphatic carbocycles. The van der Waals surface area contributed by atoms with Gasteiger partial charge in [-0.2, -0.15) is 0 Å². The summed E-state index contributed by atoms with van der Waals surface area (Å²) in [5.41, 5.74) is -0.401. The minimum Gasteiger partial charge on any atom is -0.393 e. The van der Waals surface area contributed by atoms with Crippen molar-refractivity contribution in [3.8, 4) is 0 Å². The van der Waals surface area contributed by atoms with E-state index in [0.717, 1.165) is 0 Å². The maximum absolute atomic E-state index is 13.4. The highest BCUT2D eigenvalue weighted by Crippen LogP contribution is 2.24. The van der Waals surface area contributed by atoms with Crippen molar-refractivity contribution >= 4 is 9.84 Å². The van der Waals surface area contributed by atoms with Gasteiger partial charge in [-0.25, -0.2) is 21.6 Å². The molecule has 0 aliphatic rings. The molecule has 96 valence electrons. The fourth-order valence-corrected chi connectivity index (χ4v) is 2.26. The second kappa shape index (κ2) is 4.66. The van der Waals surface area contributed by atoms with E-state index in [1.807, 2.05) is 0 Å². The first-order valence-corrected chi connectivity index (χ1v) is 6.58. The molecule has 0 radical (unpaired) electrons. The summed E-state index contributed by atoms with van der Waals surface area (Å²) in [7, 11) is -4.18. The number of aliphatic hydroxyl groups is 1. The quantitative estimate of drug-likeness (QED) is 0.844.